The van der Waals surface area contributed by atoms with Gasteiger partial charge in [-0.1, -0.05) is 19.1 Å². The Kier molecular flexibility index (Phi) is 6.71. The summed E-state index contributed by atoms with van der Waals surface area (Å²) in [5, 5.41) is 14.3. The molecule has 0 amide bonds. The van der Waals surface area contributed by atoms with Crippen LogP contribution in [0.25, 0.3) is 0 Å². The van der Waals surface area contributed by atoms with E-state index in [9.17, 15) is 18.7 Å². The number of anilines is 1. The fourth-order valence-corrected chi connectivity index (χ4v) is 1.73. The summed E-state index contributed by atoms with van der Waals surface area (Å²) >= 11 is 4.95. The maximum atomic E-state index is 13.1. The van der Waals surface area contributed by atoms with Crippen LogP contribution in [0.4, 0.5) is 14.5 Å². The molecule has 0 aliphatic rings. The van der Waals surface area contributed by atoms with Crippen LogP contribution in [0.2, 0.25) is 0 Å². The third-order valence-corrected chi connectivity index (χ3v) is 2.67. The summed E-state index contributed by atoms with van der Waals surface area (Å²) in [5.41, 5.74) is -0.432. The number of benzene rings is 1. The van der Waals surface area contributed by atoms with Gasteiger partial charge in [0.05, 0.1) is 12.6 Å². The lowest BCUT2D eigenvalue weighted by Crippen LogP contribution is -2.27. The van der Waals surface area contributed by atoms with Crippen LogP contribution >= 0.6 is 12.2 Å². The molecule has 22 heavy (non-hydrogen) atoms. The van der Waals surface area contributed by atoms with Crippen LogP contribution in [0.15, 0.2) is 29.7 Å². The molecule has 0 saturated carbocycles. The first-order valence-corrected chi connectivity index (χ1v) is 6.79. The van der Waals surface area contributed by atoms with Gasteiger partial charge in [-0.3, -0.25) is 0 Å². The van der Waals surface area contributed by atoms with Gasteiger partial charge in [-0.05, 0) is 25.7 Å². The van der Waals surface area contributed by atoms with Crippen molar-refractivity contribution in [1.82, 2.24) is 0 Å². The van der Waals surface area contributed by atoms with E-state index in [1.54, 1.807) is 13.8 Å². The van der Waals surface area contributed by atoms with Crippen molar-refractivity contribution >= 4 is 28.9 Å². The van der Waals surface area contributed by atoms with E-state index in [0.29, 0.717) is 0 Å². The van der Waals surface area contributed by atoms with Crippen LogP contribution in [0.1, 0.15) is 13.8 Å². The highest BCUT2D eigenvalue weighted by Gasteiger charge is 2.19. The first-order chi connectivity index (χ1) is 10.4. The summed E-state index contributed by atoms with van der Waals surface area (Å²) in [7, 11) is 0. The predicted octanol–water partition coefficient (Wildman–Crippen LogP) is 1.88. The zero-order valence-electron chi connectivity index (χ0n) is 11.9. The van der Waals surface area contributed by atoms with Crippen LogP contribution in [0, 0.1) is 11.6 Å². The predicted molar refractivity (Wildman–Crippen MR) is 77.9 cm³/mol. The Balaban J connectivity index is 3.04. The van der Waals surface area contributed by atoms with Gasteiger partial charge in [-0.2, -0.15) is 0 Å². The lowest BCUT2D eigenvalue weighted by molar-refractivity contribution is -0.357. The molecule has 0 aliphatic heterocycles. The molecule has 0 radical (unpaired) electrons. The highest BCUT2D eigenvalue weighted by atomic mass is 32.1. The van der Waals surface area contributed by atoms with Crippen LogP contribution in [0.5, 0.6) is 0 Å². The molecule has 0 fully saturated rings. The van der Waals surface area contributed by atoms with Crippen molar-refractivity contribution in [1.29, 1.82) is 0 Å². The number of nitrogens with one attached hydrogen (secondary N) is 1. The Morgan fingerprint density at radius 3 is 2.41 bits per heavy atom. The SMILES string of the molecule is CCOC(=O)/C(C(=S)Nc1ccc(F)c(F)c1)=C(/[O-])OCC. The van der Waals surface area contributed by atoms with E-state index in [1.807, 2.05) is 0 Å². The molecule has 0 aromatic heterocycles. The lowest BCUT2D eigenvalue weighted by Gasteiger charge is -2.19. The number of rotatable bonds is 6. The smallest absolute Gasteiger partial charge is 0.342 e. The Hall–Kier alpha value is -2.22. The normalized spacial score (nSPS) is 11.5. The molecule has 0 unspecified atom stereocenters. The molecule has 0 saturated heterocycles. The molecule has 0 atom stereocenters. The quantitative estimate of drug-likeness (QED) is 0.372. The maximum Gasteiger partial charge on any atom is 0.342 e. The number of carbonyl (C=O) groups excluding carboxylic acids is 1. The molecule has 1 aromatic carbocycles. The summed E-state index contributed by atoms with van der Waals surface area (Å²) in [6, 6.07) is 2.93. The molecule has 120 valence electrons. The van der Waals surface area contributed by atoms with E-state index in [4.69, 9.17) is 21.7 Å². The molecule has 0 spiro atoms. The third kappa shape index (κ3) is 4.66. The largest absolute Gasteiger partial charge is 0.613 e. The standard InChI is InChI=1S/C14H15F2NO4S/c1-3-20-13(18)11(14(19)21-4-2)12(22)17-8-5-6-9(15)10(16)7-8/h5-7,18H,3-4H2,1-2H3,(H,17,22)/p-1/b13-11-. The number of hydrogen-bond donors (Lipinski definition) is 1. The van der Waals surface area contributed by atoms with E-state index in [0.717, 1.165) is 12.1 Å². The summed E-state index contributed by atoms with van der Waals surface area (Å²) in [4.78, 5) is 11.5. The van der Waals surface area contributed by atoms with Gasteiger partial charge < -0.3 is 19.9 Å². The van der Waals surface area contributed by atoms with Gasteiger partial charge in [0.15, 0.2) is 11.6 Å². The number of thiocarbonyl (C=S) groups is 1. The second-order valence-electron chi connectivity index (χ2n) is 3.90. The van der Waals surface area contributed by atoms with Gasteiger partial charge in [0.2, 0.25) is 0 Å². The number of hydrogen-bond acceptors (Lipinski definition) is 5. The Morgan fingerprint density at radius 2 is 1.86 bits per heavy atom. The number of esters is 1. The first kappa shape index (κ1) is 17.8. The fraction of sp³-hybridized carbons (Fsp3) is 0.286. The number of halogens is 2. The number of ether oxygens (including phenoxy) is 2. The van der Waals surface area contributed by atoms with Crippen LogP contribution in [-0.4, -0.2) is 24.2 Å². The summed E-state index contributed by atoms with van der Waals surface area (Å²) < 4.78 is 35.5. The molecular formula is C14H14F2NO4S-. The Labute approximate surface area is 131 Å². The van der Waals surface area contributed by atoms with Crippen LogP contribution in [0.3, 0.4) is 0 Å². The van der Waals surface area contributed by atoms with E-state index >= 15 is 0 Å². The van der Waals surface area contributed by atoms with Crippen molar-refractivity contribution < 1.29 is 28.2 Å². The highest BCUT2D eigenvalue weighted by Crippen LogP contribution is 2.16. The average molecular weight is 330 g/mol. The second kappa shape index (κ2) is 8.28. The van der Waals surface area contributed by atoms with Crippen LogP contribution < -0.4 is 10.4 Å². The Bertz CT molecular complexity index is 605. The molecule has 8 heteroatoms. The monoisotopic (exact) mass is 330 g/mol. The van der Waals surface area contributed by atoms with Gasteiger partial charge >= 0.3 is 5.97 Å². The summed E-state index contributed by atoms with van der Waals surface area (Å²) in [5.74, 6) is -4.04. The van der Waals surface area contributed by atoms with Crippen molar-refractivity contribution in [3.63, 3.8) is 0 Å². The fourth-order valence-electron chi connectivity index (χ4n) is 1.44. The van der Waals surface area contributed by atoms with Crippen molar-refractivity contribution in [3.8, 4) is 0 Å². The van der Waals surface area contributed by atoms with Crippen molar-refractivity contribution in [2.45, 2.75) is 13.8 Å². The minimum Gasteiger partial charge on any atom is -0.613 e. The molecule has 0 bridgehead atoms. The zero-order valence-corrected chi connectivity index (χ0v) is 12.8. The molecule has 5 nitrogen and oxygen atoms in total. The molecule has 0 heterocycles. The molecule has 1 rings (SSSR count). The van der Waals surface area contributed by atoms with Crippen LogP contribution in [-0.2, 0) is 14.3 Å². The van der Waals surface area contributed by atoms with E-state index in [1.165, 1.54) is 6.07 Å². The highest BCUT2D eigenvalue weighted by molar-refractivity contribution is 7.81. The van der Waals surface area contributed by atoms with E-state index < -0.39 is 29.1 Å². The zero-order chi connectivity index (χ0) is 16.7. The molecule has 1 aromatic rings. The van der Waals surface area contributed by atoms with Gasteiger partial charge in [-0.25, -0.2) is 13.6 Å². The van der Waals surface area contributed by atoms with Crippen molar-refractivity contribution in [2.75, 3.05) is 18.5 Å². The van der Waals surface area contributed by atoms with Gasteiger partial charge in [0.25, 0.3) is 0 Å². The number of carbonyl (C=O) groups is 1. The Morgan fingerprint density at radius 1 is 1.23 bits per heavy atom. The maximum absolute atomic E-state index is 13.1. The second-order valence-corrected chi connectivity index (χ2v) is 4.31. The molecule has 0 aliphatic carbocycles. The van der Waals surface area contributed by atoms with E-state index in [-0.39, 0.29) is 23.9 Å². The minimum absolute atomic E-state index is 0.0372. The van der Waals surface area contributed by atoms with Gasteiger partial charge in [0, 0.05) is 11.8 Å². The third-order valence-electron chi connectivity index (χ3n) is 2.36. The van der Waals surface area contributed by atoms with Crippen molar-refractivity contribution in [2.24, 2.45) is 0 Å². The minimum atomic E-state index is -1.10. The van der Waals surface area contributed by atoms with Crippen molar-refractivity contribution in [3.05, 3.63) is 41.4 Å². The first-order valence-electron chi connectivity index (χ1n) is 6.38. The average Bonchev–Trinajstić information content (AvgIpc) is 2.43. The summed E-state index contributed by atoms with van der Waals surface area (Å²) in [6.45, 7) is 3.20. The molecule has 1 N–H and O–H groups in total. The van der Waals surface area contributed by atoms with Gasteiger partial charge in [0.1, 0.15) is 10.6 Å². The van der Waals surface area contributed by atoms with E-state index in [2.05, 4.69) is 5.32 Å². The van der Waals surface area contributed by atoms with Gasteiger partial charge in [-0.15, -0.1) is 0 Å². The summed E-state index contributed by atoms with van der Waals surface area (Å²) in [6.07, 6.45) is 0. The topological polar surface area (TPSA) is 70.6 Å². The molecular weight excluding hydrogens is 316 g/mol. The lowest BCUT2D eigenvalue weighted by atomic mass is 10.2.